The van der Waals surface area contributed by atoms with Gasteiger partial charge in [0.05, 0.1) is 0 Å². The lowest BCUT2D eigenvalue weighted by Crippen LogP contribution is -2.30. The van der Waals surface area contributed by atoms with Crippen LogP contribution in [0.15, 0.2) is 39.5 Å². The van der Waals surface area contributed by atoms with Gasteiger partial charge in [-0.25, -0.2) is 9.78 Å². The van der Waals surface area contributed by atoms with Crippen molar-refractivity contribution in [3.63, 3.8) is 0 Å². The van der Waals surface area contributed by atoms with Crippen LogP contribution in [-0.2, 0) is 17.6 Å². The average Bonchev–Trinajstić information content (AvgIpc) is 3.31. The number of hydrogen-bond acceptors (Lipinski definition) is 8. The molecule has 2 aromatic heterocycles. The number of rotatable bonds is 6. The highest BCUT2D eigenvalue weighted by Gasteiger charge is 2.30. The second-order valence-electron chi connectivity index (χ2n) is 8.11. The number of benzene rings is 1. The number of aryl methyl sites for hydroxylation is 1. The summed E-state index contributed by atoms with van der Waals surface area (Å²) in [6.45, 7) is 3.43. The van der Waals surface area contributed by atoms with Crippen molar-refractivity contribution in [3.8, 4) is 11.6 Å². The Labute approximate surface area is 183 Å². The molecule has 5 rings (SSSR count). The maximum Gasteiger partial charge on any atom is 0.443 e. The molecule has 0 saturated carbocycles. The fourth-order valence-electron chi connectivity index (χ4n) is 4.28. The van der Waals surface area contributed by atoms with Crippen molar-refractivity contribution in [3.05, 3.63) is 63.5 Å². The molecule has 1 amide bonds. The Balaban J connectivity index is 1.19. The topological polar surface area (TPSA) is 137 Å². The number of fused-ring (bicyclic) bond motifs is 2. The van der Waals surface area contributed by atoms with E-state index in [2.05, 4.69) is 45.8 Å². The molecule has 0 spiro atoms. The average molecular weight is 436 g/mol. The highest BCUT2D eigenvalue weighted by atomic mass is 16.5. The van der Waals surface area contributed by atoms with Crippen molar-refractivity contribution < 1.29 is 13.9 Å². The third kappa shape index (κ3) is 3.78. The van der Waals surface area contributed by atoms with Crippen molar-refractivity contribution in [2.45, 2.75) is 25.8 Å². The zero-order valence-corrected chi connectivity index (χ0v) is 17.6. The molecule has 1 aliphatic carbocycles. The fourth-order valence-corrected chi connectivity index (χ4v) is 4.28. The summed E-state index contributed by atoms with van der Waals surface area (Å²) in [6, 6.07) is 9.53. The summed E-state index contributed by atoms with van der Waals surface area (Å²) in [7, 11) is 0. The van der Waals surface area contributed by atoms with Gasteiger partial charge in [0.25, 0.3) is 5.91 Å². The molecule has 10 heteroatoms. The molecule has 0 bridgehead atoms. The smallest absolute Gasteiger partial charge is 0.443 e. The number of nitrogens with one attached hydrogen (secondary N) is 2. The van der Waals surface area contributed by atoms with E-state index in [4.69, 9.17) is 14.9 Å². The number of amides is 1. The normalized spacial score (nSPS) is 19.2. The standard InChI is InChI=1S/C22H24N6O4/c1-12-3-2-4-14-15(12)9-13(20(14)23)10-24-8-7-19-27-28(22(30)32-19)17-6-5-16-21(25-17)26-18(29)11-31-16/h2-6,13,20,24H,7-11,23H2,1H3,(H,25,26,29). The van der Waals surface area contributed by atoms with Crippen molar-refractivity contribution in [2.75, 3.05) is 25.0 Å². The van der Waals surface area contributed by atoms with E-state index >= 15 is 0 Å². The van der Waals surface area contributed by atoms with Crippen LogP contribution in [0, 0.1) is 12.8 Å². The van der Waals surface area contributed by atoms with Crippen LogP contribution in [0.3, 0.4) is 0 Å². The first-order valence-electron chi connectivity index (χ1n) is 10.6. The summed E-state index contributed by atoms with van der Waals surface area (Å²) in [5.74, 6) is 0.621. The van der Waals surface area contributed by atoms with E-state index in [0.29, 0.717) is 30.5 Å². The Morgan fingerprint density at radius 2 is 2.16 bits per heavy atom. The van der Waals surface area contributed by atoms with Crippen LogP contribution >= 0.6 is 0 Å². The van der Waals surface area contributed by atoms with Gasteiger partial charge < -0.3 is 25.5 Å². The summed E-state index contributed by atoms with van der Waals surface area (Å²) in [5, 5.41) is 10.2. The number of pyridine rings is 1. The number of anilines is 1. The molecule has 0 radical (unpaired) electrons. The number of ether oxygens (including phenoxy) is 1. The first-order valence-corrected chi connectivity index (χ1v) is 10.6. The van der Waals surface area contributed by atoms with E-state index in [1.54, 1.807) is 12.1 Å². The number of hydrogen-bond donors (Lipinski definition) is 3. The van der Waals surface area contributed by atoms with Crippen molar-refractivity contribution in [1.82, 2.24) is 20.1 Å². The molecule has 10 nitrogen and oxygen atoms in total. The van der Waals surface area contributed by atoms with Crippen LogP contribution in [0.25, 0.3) is 5.82 Å². The number of carbonyl (C=O) groups is 1. The van der Waals surface area contributed by atoms with Gasteiger partial charge in [-0.05, 0) is 48.1 Å². The SMILES string of the molecule is Cc1cccc2c1CC(CNCCc1nn(-c3ccc4c(n3)NC(=O)CO4)c(=O)o1)C2N. The predicted octanol–water partition coefficient (Wildman–Crippen LogP) is 0.864. The van der Waals surface area contributed by atoms with Gasteiger partial charge in [0.2, 0.25) is 5.89 Å². The third-order valence-electron chi connectivity index (χ3n) is 5.97. The van der Waals surface area contributed by atoms with Gasteiger partial charge in [0.15, 0.2) is 24.0 Å². The Kier molecular flexibility index (Phi) is 5.24. The maximum absolute atomic E-state index is 12.3. The van der Waals surface area contributed by atoms with Gasteiger partial charge in [0, 0.05) is 25.6 Å². The Bertz CT molecular complexity index is 1230. The number of nitrogens with two attached hydrogens (primary N) is 1. The number of carbonyl (C=O) groups excluding carboxylic acids is 1. The molecule has 0 fully saturated rings. The highest BCUT2D eigenvalue weighted by Crippen LogP contribution is 2.35. The summed E-state index contributed by atoms with van der Waals surface area (Å²) in [5.41, 5.74) is 10.3. The van der Waals surface area contributed by atoms with Gasteiger partial charge in [-0.2, -0.15) is 0 Å². The van der Waals surface area contributed by atoms with E-state index in [1.165, 1.54) is 16.7 Å². The molecule has 1 aromatic carbocycles. The first-order chi connectivity index (χ1) is 15.5. The highest BCUT2D eigenvalue weighted by molar-refractivity contribution is 5.94. The van der Waals surface area contributed by atoms with Crippen LogP contribution in [0.5, 0.6) is 5.75 Å². The quantitative estimate of drug-likeness (QED) is 0.484. The van der Waals surface area contributed by atoms with Crippen molar-refractivity contribution in [1.29, 1.82) is 0 Å². The number of aromatic nitrogens is 3. The van der Waals surface area contributed by atoms with Crippen LogP contribution in [0.2, 0.25) is 0 Å². The van der Waals surface area contributed by atoms with Gasteiger partial charge in [-0.1, -0.05) is 18.2 Å². The van der Waals surface area contributed by atoms with E-state index in [0.717, 1.165) is 17.6 Å². The minimum atomic E-state index is -0.640. The molecule has 3 aromatic rings. The summed E-state index contributed by atoms with van der Waals surface area (Å²) < 4.78 is 11.6. The molecule has 4 N–H and O–H groups in total. The van der Waals surface area contributed by atoms with Gasteiger partial charge in [-0.3, -0.25) is 4.79 Å². The first kappa shape index (κ1) is 20.4. The monoisotopic (exact) mass is 436 g/mol. The molecular weight excluding hydrogens is 412 g/mol. The van der Waals surface area contributed by atoms with E-state index in [9.17, 15) is 9.59 Å². The molecule has 1 aliphatic heterocycles. The van der Waals surface area contributed by atoms with Crippen LogP contribution in [0.4, 0.5) is 5.82 Å². The second-order valence-corrected chi connectivity index (χ2v) is 8.11. The predicted molar refractivity (Wildman–Crippen MR) is 116 cm³/mol. The van der Waals surface area contributed by atoms with E-state index in [-0.39, 0.29) is 30.2 Å². The van der Waals surface area contributed by atoms with Crippen LogP contribution < -0.4 is 26.9 Å². The molecule has 32 heavy (non-hydrogen) atoms. The molecule has 3 heterocycles. The van der Waals surface area contributed by atoms with Crippen molar-refractivity contribution in [2.24, 2.45) is 11.7 Å². The zero-order chi connectivity index (χ0) is 22.2. The van der Waals surface area contributed by atoms with Crippen LogP contribution in [0.1, 0.15) is 28.6 Å². The van der Waals surface area contributed by atoms with Gasteiger partial charge >= 0.3 is 5.76 Å². The summed E-state index contributed by atoms with van der Waals surface area (Å²) >= 11 is 0. The van der Waals surface area contributed by atoms with Crippen molar-refractivity contribution >= 4 is 11.7 Å². The molecule has 2 atom stereocenters. The van der Waals surface area contributed by atoms with E-state index in [1.807, 2.05) is 0 Å². The Hall–Kier alpha value is -3.50. The molecule has 2 unspecified atom stereocenters. The second kappa shape index (κ2) is 8.21. The summed E-state index contributed by atoms with van der Waals surface area (Å²) in [6.07, 6.45) is 1.41. The minimum Gasteiger partial charge on any atom is -0.480 e. The van der Waals surface area contributed by atoms with Gasteiger partial charge in [0.1, 0.15) is 0 Å². The lowest BCUT2D eigenvalue weighted by molar-refractivity contribution is -0.118. The number of nitrogens with zero attached hydrogens (tertiary/aromatic N) is 3. The van der Waals surface area contributed by atoms with E-state index < -0.39 is 5.76 Å². The van der Waals surface area contributed by atoms with Gasteiger partial charge in [-0.15, -0.1) is 9.78 Å². The summed E-state index contributed by atoms with van der Waals surface area (Å²) in [4.78, 5) is 28.0. The molecule has 0 saturated heterocycles. The lowest BCUT2D eigenvalue weighted by atomic mass is 10.0. The Morgan fingerprint density at radius 1 is 1.28 bits per heavy atom. The third-order valence-corrected chi connectivity index (χ3v) is 5.97. The van der Waals surface area contributed by atoms with Crippen LogP contribution in [-0.4, -0.2) is 40.4 Å². The molecular formula is C22H24N6O4. The maximum atomic E-state index is 12.3. The molecule has 166 valence electrons. The minimum absolute atomic E-state index is 0.0223. The Morgan fingerprint density at radius 3 is 3.00 bits per heavy atom. The lowest BCUT2D eigenvalue weighted by Gasteiger charge is -2.16. The fraction of sp³-hybridized carbons (Fsp3) is 0.364. The largest absolute Gasteiger partial charge is 0.480 e. The zero-order valence-electron chi connectivity index (χ0n) is 17.6. The molecule has 2 aliphatic rings.